The average Bonchev–Trinajstić information content (AvgIpc) is 2.87. The fourth-order valence-corrected chi connectivity index (χ4v) is 2.31. The molecule has 20 heavy (non-hydrogen) atoms. The van der Waals surface area contributed by atoms with Gasteiger partial charge in [-0.2, -0.15) is 0 Å². The second kappa shape index (κ2) is 5.13. The summed E-state index contributed by atoms with van der Waals surface area (Å²) >= 11 is 5.78. The van der Waals surface area contributed by atoms with Crippen LogP contribution in [0.15, 0.2) is 42.5 Å². The quantitative estimate of drug-likeness (QED) is 0.921. The van der Waals surface area contributed by atoms with E-state index in [0.29, 0.717) is 17.2 Å². The van der Waals surface area contributed by atoms with Gasteiger partial charge in [-0.15, -0.1) is 0 Å². The number of rotatable bonds is 2. The van der Waals surface area contributed by atoms with E-state index in [0.717, 1.165) is 5.56 Å². The zero-order chi connectivity index (χ0) is 14.1. The molecule has 0 fully saturated rings. The molecular formula is C15H11ClFNO2. The Morgan fingerprint density at radius 3 is 2.90 bits per heavy atom. The molecule has 2 aromatic rings. The summed E-state index contributed by atoms with van der Waals surface area (Å²) in [7, 11) is 0. The van der Waals surface area contributed by atoms with Gasteiger partial charge in [0, 0.05) is 11.4 Å². The summed E-state index contributed by atoms with van der Waals surface area (Å²) in [5.41, 5.74) is 1.03. The van der Waals surface area contributed by atoms with E-state index in [1.165, 1.54) is 18.2 Å². The van der Waals surface area contributed by atoms with E-state index < -0.39 is 11.9 Å². The van der Waals surface area contributed by atoms with Crippen LogP contribution in [-0.2, 0) is 11.2 Å². The SMILES string of the molecule is O=C(Nc1cc(Cl)ccc1F)C1Cc2ccccc2O1. The van der Waals surface area contributed by atoms with Crippen LogP contribution < -0.4 is 10.1 Å². The molecule has 102 valence electrons. The van der Waals surface area contributed by atoms with E-state index in [1.54, 1.807) is 0 Å². The van der Waals surface area contributed by atoms with Crippen molar-refractivity contribution in [2.75, 3.05) is 5.32 Å². The van der Waals surface area contributed by atoms with Gasteiger partial charge in [0.1, 0.15) is 11.6 Å². The first-order chi connectivity index (χ1) is 9.63. The number of hydrogen-bond donors (Lipinski definition) is 1. The van der Waals surface area contributed by atoms with Crippen LogP contribution >= 0.6 is 11.6 Å². The predicted molar refractivity (Wildman–Crippen MR) is 74.6 cm³/mol. The lowest BCUT2D eigenvalue weighted by Gasteiger charge is -2.12. The van der Waals surface area contributed by atoms with Gasteiger partial charge in [0.25, 0.3) is 5.91 Å². The molecule has 1 aliphatic heterocycles. The molecule has 1 unspecified atom stereocenters. The van der Waals surface area contributed by atoms with Crippen molar-refractivity contribution in [2.45, 2.75) is 12.5 Å². The Kier molecular flexibility index (Phi) is 3.32. The van der Waals surface area contributed by atoms with Crippen LogP contribution in [0.25, 0.3) is 0 Å². The lowest BCUT2D eigenvalue weighted by molar-refractivity contribution is -0.122. The highest BCUT2D eigenvalue weighted by Gasteiger charge is 2.29. The van der Waals surface area contributed by atoms with Crippen molar-refractivity contribution >= 4 is 23.2 Å². The maximum absolute atomic E-state index is 13.6. The van der Waals surface area contributed by atoms with Crippen molar-refractivity contribution in [2.24, 2.45) is 0 Å². The zero-order valence-corrected chi connectivity index (χ0v) is 11.2. The highest BCUT2D eigenvalue weighted by molar-refractivity contribution is 6.30. The van der Waals surface area contributed by atoms with Crippen LogP contribution in [-0.4, -0.2) is 12.0 Å². The van der Waals surface area contributed by atoms with E-state index >= 15 is 0 Å². The standard InChI is InChI=1S/C15H11ClFNO2/c16-10-5-6-11(17)12(8-10)18-15(19)14-7-9-3-1-2-4-13(9)20-14/h1-6,8,14H,7H2,(H,18,19). The number of halogens is 2. The second-order valence-electron chi connectivity index (χ2n) is 4.53. The molecule has 1 amide bonds. The van der Waals surface area contributed by atoms with Gasteiger partial charge >= 0.3 is 0 Å². The molecule has 5 heteroatoms. The molecule has 3 nitrogen and oxygen atoms in total. The molecule has 0 radical (unpaired) electrons. The smallest absolute Gasteiger partial charge is 0.265 e. The van der Waals surface area contributed by atoms with E-state index in [2.05, 4.69) is 5.32 Å². The van der Waals surface area contributed by atoms with Gasteiger partial charge in [-0.25, -0.2) is 4.39 Å². The normalized spacial score (nSPS) is 16.4. The van der Waals surface area contributed by atoms with Crippen LogP contribution in [0.3, 0.4) is 0 Å². The minimum atomic E-state index is -0.647. The Morgan fingerprint density at radius 2 is 2.10 bits per heavy atom. The number of ether oxygens (including phenoxy) is 1. The van der Waals surface area contributed by atoms with Gasteiger partial charge < -0.3 is 10.1 Å². The summed E-state index contributed by atoms with van der Waals surface area (Å²) in [5.74, 6) is -0.222. The first-order valence-corrected chi connectivity index (χ1v) is 6.52. The fourth-order valence-electron chi connectivity index (χ4n) is 2.13. The van der Waals surface area contributed by atoms with E-state index in [1.807, 2.05) is 24.3 Å². The maximum Gasteiger partial charge on any atom is 0.265 e. The average molecular weight is 292 g/mol. The molecule has 0 spiro atoms. The van der Waals surface area contributed by atoms with Crippen molar-refractivity contribution in [3.8, 4) is 5.75 Å². The molecular weight excluding hydrogens is 281 g/mol. The van der Waals surface area contributed by atoms with E-state index in [-0.39, 0.29) is 11.6 Å². The molecule has 1 N–H and O–H groups in total. The predicted octanol–water partition coefficient (Wildman–Crippen LogP) is 3.42. The highest BCUT2D eigenvalue weighted by atomic mass is 35.5. The third-order valence-corrected chi connectivity index (χ3v) is 3.36. The van der Waals surface area contributed by atoms with Gasteiger partial charge in [-0.3, -0.25) is 4.79 Å². The second-order valence-corrected chi connectivity index (χ2v) is 4.97. The lowest BCUT2D eigenvalue weighted by atomic mass is 10.1. The molecule has 1 heterocycles. The molecule has 0 aliphatic carbocycles. The van der Waals surface area contributed by atoms with Crippen molar-refractivity contribution in [3.63, 3.8) is 0 Å². The minimum absolute atomic E-state index is 0.0575. The van der Waals surface area contributed by atoms with Crippen LogP contribution in [0.5, 0.6) is 5.75 Å². The topological polar surface area (TPSA) is 38.3 Å². The van der Waals surface area contributed by atoms with Crippen LogP contribution in [0.1, 0.15) is 5.56 Å². The molecule has 0 aromatic heterocycles. The number of nitrogens with one attached hydrogen (secondary N) is 1. The number of para-hydroxylation sites is 1. The van der Waals surface area contributed by atoms with Gasteiger partial charge in [0.05, 0.1) is 5.69 Å². The number of amides is 1. The van der Waals surface area contributed by atoms with E-state index in [9.17, 15) is 9.18 Å². The van der Waals surface area contributed by atoms with Crippen molar-refractivity contribution in [1.82, 2.24) is 0 Å². The van der Waals surface area contributed by atoms with Crippen molar-refractivity contribution in [3.05, 3.63) is 58.9 Å². The third kappa shape index (κ3) is 2.47. The molecule has 0 bridgehead atoms. The number of anilines is 1. The summed E-state index contributed by atoms with van der Waals surface area (Å²) in [6.45, 7) is 0. The number of benzene rings is 2. The summed E-state index contributed by atoms with van der Waals surface area (Å²) < 4.78 is 19.1. The minimum Gasteiger partial charge on any atom is -0.480 e. The van der Waals surface area contributed by atoms with Crippen LogP contribution in [0.4, 0.5) is 10.1 Å². The lowest BCUT2D eigenvalue weighted by Crippen LogP contribution is -2.31. The van der Waals surface area contributed by atoms with E-state index in [4.69, 9.17) is 16.3 Å². The highest BCUT2D eigenvalue weighted by Crippen LogP contribution is 2.29. The Labute approximate surface area is 120 Å². The van der Waals surface area contributed by atoms with Crippen molar-refractivity contribution < 1.29 is 13.9 Å². The number of fused-ring (bicyclic) bond motifs is 1. The number of hydrogen-bond acceptors (Lipinski definition) is 2. The third-order valence-electron chi connectivity index (χ3n) is 3.13. The number of carbonyl (C=O) groups is 1. The zero-order valence-electron chi connectivity index (χ0n) is 10.4. The summed E-state index contributed by atoms with van der Waals surface area (Å²) in [6.07, 6.45) is -0.171. The van der Waals surface area contributed by atoms with Gasteiger partial charge in [0.15, 0.2) is 6.10 Å². The van der Waals surface area contributed by atoms with Gasteiger partial charge in [0.2, 0.25) is 0 Å². The van der Waals surface area contributed by atoms with Crippen molar-refractivity contribution in [1.29, 1.82) is 0 Å². The first-order valence-electron chi connectivity index (χ1n) is 6.14. The largest absolute Gasteiger partial charge is 0.480 e. The van der Waals surface area contributed by atoms with Crippen LogP contribution in [0, 0.1) is 5.82 Å². The summed E-state index contributed by atoms with van der Waals surface area (Å²) in [6, 6.07) is 11.5. The Bertz CT molecular complexity index is 650. The molecule has 2 aromatic carbocycles. The monoisotopic (exact) mass is 291 g/mol. The molecule has 3 rings (SSSR count). The molecule has 1 aliphatic rings. The Balaban J connectivity index is 1.74. The fraction of sp³-hybridized carbons (Fsp3) is 0.133. The molecule has 1 atom stereocenters. The van der Waals surface area contributed by atoms with Crippen LogP contribution in [0.2, 0.25) is 5.02 Å². The maximum atomic E-state index is 13.6. The first kappa shape index (κ1) is 12.9. The molecule has 0 saturated heterocycles. The molecule has 0 saturated carbocycles. The Hall–Kier alpha value is -2.07. The number of carbonyl (C=O) groups excluding carboxylic acids is 1. The van der Waals surface area contributed by atoms with Gasteiger partial charge in [-0.05, 0) is 29.8 Å². The van der Waals surface area contributed by atoms with Gasteiger partial charge in [-0.1, -0.05) is 29.8 Å². The summed E-state index contributed by atoms with van der Waals surface area (Å²) in [5, 5.41) is 2.86. The summed E-state index contributed by atoms with van der Waals surface area (Å²) in [4.78, 5) is 12.1. The Morgan fingerprint density at radius 1 is 1.30 bits per heavy atom.